The standard InChI is InChI=1S/C12H7F5N2O4/c13-11(14,10(21)22)7(20)5-1-3-6(4-2-5)8-18-9(23-19-8)12(15,16)17/h1-4,7,20H,(H,21,22). The molecule has 23 heavy (non-hydrogen) atoms. The molecule has 0 amide bonds. The van der Waals surface area contributed by atoms with Gasteiger partial charge in [-0.05, 0) is 5.56 Å². The smallest absolute Gasteiger partial charge is 0.471 e. The highest BCUT2D eigenvalue weighted by atomic mass is 19.4. The van der Waals surface area contributed by atoms with E-state index in [4.69, 9.17) is 5.11 Å². The molecule has 1 atom stereocenters. The van der Waals surface area contributed by atoms with Crippen LogP contribution in [0.1, 0.15) is 17.6 Å². The fraction of sp³-hybridized carbons (Fsp3) is 0.250. The van der Waals surface area contributed by atoms with Crippen LogP contribution in [0, 0.1) is 0 Å². The Morgan fingerprint density at radius 1 is 1.13 bits per heavy atom. The monoisotopic (exact) mass is 338 g/mol. The predicted octanol–water partition coefficient (Wildman–Crippen LogP) is 2.51. The van der Waals surface area contributed by atoms with Crippen LogP contribution in [-0.4, -0.2) is 32.2 Å². The van der Waals surface area contributed by atoms with E-state index in [1.165, 1.54) is 0 Å². The third-order valence-electron chi connectivity index (χ3n) is 2.78. The maximum Gasteiger partial charge on any atom is 0.471 e. The first-order valence-corrected chi connectivity index (χ1v) is 5.84. The average molecular weight is 338 g/mol. The molecule has 2 rings (SSSR count). The molecule has 1 aromatic heterocycles. The number of aliphatic hydroxyl groups is 1. The number of halogens is 5. The van der Waals surface area contributed by atoms with Crippen molar-refractivity contribution in [3.8, 4) is 11.4 Å². The summed E-state index contributed by atoms with van der Waals surface area (Å²) in [6.07, 6.45) is -7.45. The number of carbonyl (C=O) groups is 1. The van der Waals surface area contributed by atoms with Gasteiger partial charge < -0.3 is 14.7 Å². The molecule has 0 fully saturated rings. The van der Waals surface area contributed by atoms with Gasteiger partial charge in [-0.1, -0.05) is 29.4 Å². The highest BCUT2D eigenvalue weighted by molar-refractivity contribution is 5.76. The summed E-state index contributed by atoms with van der Waals surface area (Å²) >= 11 is 0. The number of hydrogen-bond donors (Lipinski definition) is 2. The zero-order valence-electron chi connectivity index (χ0n) is 10.9. The predicted molar refractivity (Wildman–Crippen MR) is 62.3 cm³/mol. The van der Waals surface area contributed by atoms with Crippen molar-refractivity contribution < 1.29 is 41.5 Å². The van der Waals surface area contributed by atoms with Gasteiger partial charge in [0, 0.05) is 5.56 Å². The number of nitrogens with zero attached hydrogens (tertiary/aromatic N) is 2. The number of hydrogen-bond acceptors (Lipinski definition) is 5. The van der Waals surface area contributed by atoms with Gasteiger partial charge in [0.25, 0.3) is 0 Å². The summed E-state index contributed by atoms with van der Waals surface area (Å²) < 4.78 is 67.3. The highest BCUT2D eigenvalue weighted by Crippen LogP contribution is 2.33. The van der Waals surface area contributed by atoms with Crippen molar-refractivity contribution in [3.63, 3.8) is 0 Å². The zero-order valence-corrected chi connectivity index (χ0v) is 10.9. The molecular weight excluding hydrogens is 331 g/mol. The summed E-state index contributed by atoms with van der Waals surface area (Å²) in [5, 5.41) is 20.8. The molecule has 0 spiro atoms. The third kappa shape index (κ3) is 3.28. The number of carboxylic acid groups (broad SMARTS) is 1. The van der Waals surface area contributed by atoms with Crippen molar-refractivity contribution >= 4 is 5.97 Å². The topological polar surface area (TPSA) is 96.5 Å². The first-order valence-electron chi connectivity index (χ1n) is 5.84. The van der Waals surface area contributed by atoms with E-state index in [-0.39, 0.29) is 5.56 Å². The molecule has 11 heteroatoms. The van der Waals surface area contributed by atoms with E-state index in [9.17, 15) is 31.9 Å². The molecule has 2 N–H and O–H groups in total. The van der Waals surface area contributed by atoms with Gasteiger partial charge in [-0.3, -0.25) is 0 Å². The lowest BCUT2D eigenvalue weighted by Gasteiger charge is -2.18. The van der Waals surface area contributed by atoms with Gasteiger partial charge in [-0.25, -0.2) is 4.79 Å². The largest absolute Gasteiger partial charge is 0.477 e. The molecule has 0 aliphatic rings. The van der Waals surface area contributed by atoms with Crippen LogP contribution < -0.4 is 0 Å². The molecule has 0 saturated carbocycles. The number of rotatable bonds is 4. The number of benzene rings is 1. The third-order valence-corrected chi connectivity index (χ3v) is 2.78. The molecule has 0 radical (unpaired) electrons. The van der Waals surface area contributed by atoms with Crippen molar-refractivity contribution in [2.75, 3.05) is 0 Å². The molecule has 124 valence electrons. The van der Waals surface area contributed by atoms with E-state index in [1.54, 1.807) is 0 Å². The molecule has 1 aromatic carbocycles. The first-order chi connectivity index (χ1) is 10.5. The van der Waals surface area contributed by atoms with Crippen molar-refractivity contribution in [3.05, 3.63) is 35.7 Å². The molecule has 1 heterocycles. The quantitative estimate of drug-likeness (QED) is 0.832. The second-order valence-electron chi connectivity index (χ2n) is 4.37. The summed E-state index contributed by atoms with van der Waals surface area (Å²) in [5.41, 5.74) is -0.445. The normalized spacial score (nSPS) is 13.8. The lowest BCUT2D eigenvalue weighted by molar-refractivity contribution is -0.182. The Balaban J connectivity index is 2.26. The molecule has 1 unspecified atom stereocenters. The summed E-state index contributed by atoms with van der Waals surface area (Å²) in [7, 11) is 0. The van der Waals surface area contributed by atoms with E-state index in [0.29, 0.717) is 0 Å². The SMILES string of the molecule is O=C(O)C(F)(F)C(O)c1ccc(-c2noc(C(F)(F)F)n2)cc1. The zero-order chi connectivity index (χ0) is 17.4. The van der Waals surface area contributed by atoms with Crippen LogP contribution in [0.3, 0.4) is 0 Å². The van der Waals surface area contributed by atoms with Gasteiger partial charge >= 0.3 is 24.0 Å². The van der Waals surface area contributed by atoms with Crippen LogP contribution in [0.4, 0.5) is 22.0 Å². The molecule has 0 aliphatic carbocycles. The Bertz CT molecular complexity index is 711. The van der Waals surface area contributed by atoms with Crippen molar-refractivity contribution in [2.45, 2.75) is 18.2 Å². The average Bonchev–Trinajstić information content (AvgIpc) is 2.96. The van der Waals surface area contributed by atoms with Gasteiger partial charge in [0.1, 0.15) is 0 Å². The summed E-state index contributed by atoms with van der Waals surface area (Å²) in [6, 6.07) is 3.92. The summed E-state index contributed by atoms with van der Waals surface area (Å²) in [4.78, 5) is 13.5. The van der Waals surface area contributed by atoms with E-state index in [2.05, 4.69) is 14.7 Å². The van der Waals surface area contributed by atoms with Crippen molar-refractivity contribution in [2.24, 2.45) is 0 Å². The van der Waals surface area contributed by atoms with Crippen LogP contribution in [0.2, 0.25) is 0 Å². The van der Waals surface area contributed by atoms with Gasteiger partial charge in [0.2, 0.25) is 5.82 Å². The van der Waals surface area contributed by atoms with Gasteiger partial charge in [0.05, 0.1) is 0 Å². The molecule has 0 saturated heterocycles. The lowest BCUT2D eigenvalue weighted by atomic mass is 10.0. The van der Waals surface area contributed by atoms with E-state index < -0.39 is 41.5 Å². The fourth-order valence-electron chi connectivity index (χ4n) is 1.60. The van der Waals surface area contributed by atoms with Gasteiger partial charge in [-0.2, -0.15) is 26.9 Å². The number of carboxylic acids is 1. The molecule has 0 bridgehead atoms. The van der Waals surface area contributed by atoms with Crippen molar-refractivity contribution in [1.29, 1.82) is 0 Å². The number of aromatic nitrogens is 2. The maximum atomic E-state index is 13.2. The minimum absolute atomic E-state index is 0.00107. The lowest BCUT2D eigenvalue weighted by Crippen LogP contribution is -2.35. The second-order valence-corrected chi connectivity index (χ2v) is 4.37. The van der Waals surface area contributed by atoms with Crippen LogP contribution in [0.25, 0.3) is 11.4 Å². The van der Waals surface area contributed by atoms with E-state index >= 15 is 0 Å². The van der Waals surface area contributed by atoms with Gasteiger partial charge in [0.15, 0.2) is 6.10 Å². The number of alkyl halides is 5. The Kier molecular flexibility index (Phi) is 4.07. The van der Waals surface area contributed by atoms with Gasteiger partial charge in [-0.15, -0.1) is 0 Å². The van der Waals surface area contributed by atoms with E-state index in [1.807, 2.05) is 0 Å². The minimum atomic E-state index is -4.83. The molecule has 2 aromatic rings. The Morgan fingerprint density at radius 3 is 2.13 bits per heavy atom. The Morgan fingerprint density at radius 2 is 1.70 bits per heavy atom. The minimum Gasteiger partial charge on any atom is -0.477 e. The Hall–Kier alpha value is -2.56. The highest BCUT2D eigenvalue weighted by Gasteiger charge is 2.47. The Labute approximate surface area is 124 Å². The van der Waals surface area contributed by atoms with Crippen LogP contribution in [0.5, 0.6) is 0 Å². The maximum absolute atomic E-state index is 13.2. The van der Waals surface area contributed by atoms with Crippen LogP contribution in [0.15, 0.2) is 28.8 Å². The first kappa shape index (κ1) is 16.8. The number of aliphatic carboxylic acids is 1. The van der Waals surface area contributed by atoms with Crippen LogP contribution in [-0.2, 0) is 11.0 Å². The summed E-state index contributed by atoms with van der Waals surface area (Å²) in [5.74, 6) is -8.95. The van der Waals surface area contributed by atoms with E-state index in [0.717, 1.165) is 24.3 Å². The van der Waals surface area contributed by atoms with Crippen molar-refractivity contribution in [1.82, 2.24) is 10.1 Å². The summed E-state index contributed by atoms with van der Waals surface area (Å²) in [6.45, 7) is 0. The molecule has 0 aliphatic heterocycles. The molecular formula is C12H7F5N2O4. The van der Waals surface area contributed by atoms with Crippen LogP contribution >= 0.6 is 0 Å². The number of aliphatic hydroxyl groups excluding tert-OH is 1. The fourth-order valence-corrected chi connectivity index (χ4v) is 1.60. The second kappa shape index (κ2) is 5.57. The molecule has 6 nitrogen and oxygen atoms in total.